The lowest BCUT2D eigenvalue weighted by molar-refractivity contribution is 0.276. The molecule has 0 aliphatic carbocycles. The van der Waals surface area contributed by atoms with Crippen LogP contribution in [0.1, 0.15) is 17.2 Å². The van der Waals surface area contributed by atoms with E-state index in [1.54, 1.807) is 0 Å². The molecule has 0 heterocycles. The van der Waals surface area contributed by atoms with E-state index in [2.05, 4.69) is 43.2 Å². The third-order valence-electron chi connectivity index (χ3n) is 2.92. The molecule has 0 amide bonds. The van der Waals surface area contributed by atoms with Crippen LogP contribution in [0.25, 0.3) is 0 Å². The topological polar surface area (TPSA) is 32.3 Å². The second-order valence-electron chi connectivity index (χ2n) is 4.38. The Kier molecular flexibility index (Phi) is 5.02. The van der Waals surface area contributed by atoms with E-state index in [9.17, 15) is 5.11 Å². The van der Waals surface area contributed by atoms with Gasteiger partial charge < -0.3 is 10.4 Å². The molecule has 0 spiro atoms. The van der Waals surface area contributed by atoms with E-state index < -0.39 is 0 Å². The maximum atomic E-state index is 9.63. The fourth-order valence-corrected chi connectivity index (χ4v) is 3.07. The Hall–Kier alpha value is -0.840. The first-order valence-corrected chi connectivity index (χ1v) is 7.58. The number of benzene rings is 2. The third-order valence-corrected chi connectivity index (χ3v) is 4.30. The van der Waals surface area contributed by atoms with Gasteiger partial charge in [0.2, 0.25) is 0 Å². The van der Waals surface area contributed by atoms with Crippen molar-refractivity contribution in [1.82, 2.24) is 0 Å². The van der Waals surface area contributed by atoms with Crippen molar-refractivity contribution in [3.8, 4) is 0 Å². The summed E-state index contributed by atoms with van der Waals surface area (Å²) in [5, 5.41) is 13.0. The average Bonchev–Trinajstić information content (AvgIpc) is 2.39. The van der Waals surface area contributed by atoms with Gasteiger partial charge in [0.1, 0.15) is 0 Å². The molecular weight excluding hydrogens is 370 g/mol. The van der Waals surface area contributed by atoms with E-state index in [0.29, 0.717) is 0 Å². The molecule has 0 saturated heterocycles. The van der Waals surface area contributed by atoms with Crippen LogP contribution in [0, 0.1) is 6.92 Å². The zero-order valence-electron chi connectivity index (χ0n) is 10.5. The maximum absolute atomic E-state index is 9.63. The summed E-state index contributed by atoms with van der Waals surface area (Å²) in [6.07, 6.45) is 0. The second-order valence-corrected chi connectivity index (χ2v) is 6.09. The highest BCUT2D eigenvalue weighted by molar-refractivity contribution is 9.11. The SMILES string of the molecule is Cc1ccc(C(CO)Nc2ccccc2Br)c(Br)c1. The monoisotopic (exact) mass is 383 g/mol. The van der Waals surface area contributed by atoms with Gasteiger partial charge in [0.25, 0.3) is 0 Å². The Balaban J connectivity index is 2.28. The van der Waals surface area contributed by atoms with E-state index in [1.807, 2.05) is 43.3 Å². The van der Waals surface area contributed by atoms with Crippen molar-refractivity contribution in [2.45, 2.75) is 13.0 Å². The largest absolute Gasteiger partial charge is 0.394 e. The molecule has 0 bridgehead atoms. The van der Waals surface area contributed by atoms with Crippen molar-refractivity contribution >= 4 is 37.5 Å². The Morgan fingerprint density at radius 2 is 1.84 bits per heavy atom. The fourth-order valence-electron chi connectivity index (χ4n) is 1.90. The smallest absolute Gasteiger partial charge is 0.0756 e. The molecule has 0 aromatic heterocycles. The highest BCUT2D eigenvalue weighted by atomic mass is 79.9. The van der Waals surface area contributed by atoms with Gasteiger partial charge in [-0.25, -0.2) is 0 Å². The molecule has 2 aromatic carbocycles. The Labute approximate surface area is 130 Å². The molecule has 2 aromatic rings. The van der Waals surface area contributed by atoms with Crippen molar-refractivity contribution in [2.75, 3.05) is 11.9 Å². The van der Waals surface area contributed by atoms with Crippen LogP contribution in [0.3, 0.4) is 0 Å². The molecule has 0 fully saturated rings. The highest BCUT2D eigenvalue weighted by Gasteiger charge is 2.14. The lowest BCUT2D eigenvalue weighted by Crippen LogP contribution is -2.15. The fraction of sp³-hybridized carbons (Fsp3) is 0.200. The Bertz CT molecular complexity index is 572. The van der Waals surface area contributed by atoms with Crippen LogP contribution in [-0.2, 0) is 0 Å². The van der Waals surface area contributed by atoms with Crippen LogP contribution in [-0.4, -0.2) is 11.7 Å². The lowest BCUT2D eigenvalue weighted by atomic mass is 10.1. The summed E-state index contributed by atoms with van der Waals surface area (Å²) in [6, 6.07) is 13.9. The van der Waals surface area contributed by atoms with Crippen molar-refractivity contribution < 1.29 is 5.11 Å². The summed E-state index contributed by atoms with van der Waals surface area (Å²) in [7, 11) is 0. The van der Waals surface area contributed by atoms with Crippen LogP contribution >= 0.6 is 31.9 Å². The van der Waals surface area contributed by atoms with Crippen LogP contribution < -0.4 is 5.32 Å². The predicted molar refractivity (Wildman–Crippen MR) is 86.5 cm³/mol. The maximum Gasteiger partial charge on any atom is 0.0756 e. The van der Waals surface area contributed by atoms with E-state index in [1.165, 1.54) is 5.56 Å². The number of aryl methyl sites for hydroxylation is 1. The molecule has 2 rings (SSSR count). The molecule has 0 radical (unpaired) electrons. The van der Waals surface area contributed by atoms with E-state index >= 15 is 0 Å². The predicted octanol–water partition coefficient (Wildman–Crippen LogP) is 4.67. The summed E-state index contributed by atoms with van der Waals surface area (Å²) in [5.41, 5.74) is 3.20. The molecule has 1 atom stereocenters. The van der Waals surface area contributed by atoms with Gasteiger partial charge >= 0.3 is 0 Å². The molecule has 0 saturated carbocycles. The summed E-state index contributed by atoms with van der Waals surface area (Å²) < 4.78 is 1.99. The van der Waals surface area contributed by atoms with Gasteiger partial charge in [-0.05, 0) is 52.2 Å². The molecule has 2 N–H and O–H groups in total. The number of para-hydroxylation sites is 1. The zero-order valence-corrected chi connectivity index (χ0v) is 13.7. The van der Waals surface area contributed by atoms with E-state index in [4.69, 9.17) is 0 Å². The van der Waals surface area contributed by atoms with Crippen molar-refractivity contribution in [3.63, 3.8) is 0 Å². The number of hydrogen-bond donors (Lipinski definition) is 2. The van der Waals surface area contributed by atoms with Gasteiger partial charge in [0.15, 0.2) is 0 Å². The number of aliphatic hydroxyl groups is 1. The summed E-state index contributed by atoms with van der Waals surface area (Å²) >= 11 is 7.06. The normalized spacial score (nSPS) is 12.2. The van der Waals surface area contributed by atoms with Gasteiger partial charge in [-0.2, -0.15) is 0 Å². The molecule has 0 aliphatic rings. The molecule has 2 nitrogen and oxygen atoms in total. The zero-order chi connectivity index (χ0) is 13.8. The highest BCUT2D eigenvalue weighted by Crippen LogP contribution is 2.30. The molecule has 4 heteroatoms. The number of halogens is 2. The lowest BCUT2D eigenvalue weighted by Gasteiger charge is -2.20. The number of rotatable bonds is 4. The second kappa shape index (κ2) is 6.55. The number of anilines is 1. The molecule has 19 heavy (non-hydrogen) atoms. The number of nitrogens with one attached hydrogen (secondary N) is 1. The first-order chi connectivity index (χ1) is 9.11. The van der Waals surface area contributed by atoms with Crippen LogP contribution in [0.4, 0.5) is 5.69 Å². The minimum absolute atomic E-state index is 0.0307. The summed E-state index contributed by atoms with van der Waals surface area (Å²) in [4.78, 5) is 0. The van der Waals surface area contributed by atoms with Gasteiger partial charge in [-0.3, -0.25) is 0 Å². The van der Waals surface area contributed by atoms with Crippen LogP contribution in [0.2, 0.25) is 0 Å². The minimum Gasteiger partial charge on any atom is -0.394 e. The Morgan fingerprint density at radius 1 is 1.11 bits per heavy atom. The average molecular weight is 385 g/mol. The number of aliphatic hydroxyl groups excluding tert-OH is 1. The van der Waals surface area contributed by atoms with Crippen LogP contribution in [0.15, 0.2) is 51.4 Å². The standard InChI is InChI=1S/C15H15Br2NO/c1-10-6-7-11(13(17)8-10)15(9-19)18-14-5-3-2-4-12(14)16/h2-8,15,18-19H,9H2,1H3. The Morgan fingerprint density at radius 3 is 2.47 bits per heavy atom. The van der Waals surface area contributed by atoms with Crippen molar-refractivity contribution in [2.24, 2.45) is 0 Å². The molecular formula is C15H15Br2NO. The van der Waals surface area contributed by atoms with Gasteiger partial charge in [-0.15, -0.1) is 0 Å². The van der Waals surface area contributed by atoms with E-state index in [-0.39, 0.29) is 12.6 Å². The van der Waals surface area contributed by atoms with Gasteiger partial charge in [0, 0.05) is 14.6 Å². The van der Waals surface area contributed by atoms with Gasteiger partial charge in [0.05, 0.1) is 12.6 Å². The first kappa shape index (κ1) is 14.6. The van der Waals surface area contributed by atoms with Crippen LogP contribution in [0.5, 0.6) is 0 Å². The molecule has 0 aliphatic heterocycles. The third kappa shape index (κ3) is 3.59. The first-order valence-electron chi connectivity index (χ1n) is 6.00. The van der Waals surface area contributed by atoms with Gasteiger partial charge in [-0.1, -0.05) is 40.2 Å². The van der Waals surface area contributed by atoms with E-state index in [0.717, 1.165) is 20.2 Å². The number of hydrogen-bond acceptors (Lipinski definition) is 2. The summed E-state index contributed by atoms with van der Waals surface area (Å²) in [5.74, 6) is 0. The van der Waals surface area contributed by atoms with Crippen molar-refractivity contribution in [3.05, 3.63) is 62.5 Å². The molecule has 100 valence electrons. The van der Waals surface area contributed by atoms with Crippen molar-refractivity contribution in [1.29, 1.82) is 0 Å². The molecule has 1 unspecified atom stereocenters. The minimum atomic E-state index is -0.145. The quantitative estimate of drug-likeness (QED) is 0.802. The summed E-state index contributed by atoms with van der Waals surface area (Å²) in [6.45, 7) is 2.08.